The molecule has 2 aromatic rings. The van der Waals surface area contributed by atoms with Crippen LogP contribution in [0.1, 0.15) is 11.1 Å². The number of nitrogens with zero attached hydrogens (tertiary/aromatic N) is 2. The third-order valence-electron chi connectivity index (χ3n) is 2.55. The van der Waals surface area contributed by atoms with Crippen LogP contribution in [0.3, 0.4) is 0 Å². The molecule has 0 radical (unpaired) electrons. The Bertz CT molecular complexity index is 610. The lowest BCUT2D eigenvalue weighted by Gasteiger charge is -2.04. The largest absolute Gasteiger partial charge is 0.497 e. The number of aromatic nitrogens is 2. The van der Waals surface area contributed by atoms with Crippen LogP contribution in [-0.4, -0.2) is 23.2 Å². The van der Waals surface area contributed by atoms with Crippen molar-refractivity contribution >= 4 is 11.7 Å². The molecule has 0 aliphatic rings. The van der Waals surface area contributed by atoms with E-state index >= 15 is 0 Å². The van der Waals surface area contributed by atoms with Crippen molar-refractivity contribution in [2.75, 3.05) is 12.4 Å². The van der Waals surface area contributed by atoms with Gasteiger partial charge in [-0.25, -0.2) is 0 Å². The molecule has 1 aromatic carbocycles. The van der Waals surface area contributed by atoms with Crippen LogP contribution in [0.2, 0.25) is 0 Å². The Kier molecular flexibility index (Phi) is 3.78. The highest BCUT2D eigenvalue weighted by Crippen LogP contribution is 2.13. The van der Waals surface area contributed by atoms with Gasteiger partial charge in [0, 0.05) is 0 Å². The predicted octanol–water partition coefficient (Wildman–Crippen LogP) is 1.47. The normalized spacial score (nSPS) is 9.68. The van der Waals surface area contributed by atoms with Gasteiger partial charge in [0.2, 0.25) is 5.91 Å². The summed E-state index contributed by atoms with van der Waals surface area (Å²) in [5.74, 6) is 0.844. The van der Waals surface area contributed by atoms with Gasteiger partial charge in [0.05, 0.1) is 19.7 Å². The van der Waals surface area contributed by atoms with Gasteiger partial charge in [-0.2, -0.15) is 10.4 Å². The number of hydrogen-bond donors (Lipinski definition) is 2. The van der Waals surface area contributed by atoms with Gasteiger partial charge in [-0.1, -0.05) is 12.1 Å². The summed E-state index contributed by atoms with van der Waals surface area (Å²) in [4.78, 5) is 11.8. The Hall–Kier alpha value is -2.81. The number of carbonyl (C=O) groups is 1. The number of methoxy groups -OCH3 is 1. The van der Waals surface area contributed by atoms with Crippen LogP contribution in [-0.2, 0) is 11.2 Å². The monoisotopic (exact) mass is 256 g/mol. The second kappa shape index (κ2) is 5.69. The van der Waals surface area contributed by atoms with E-state index in [0.29, 0.717) is 11.4 Å². The maximum Gasteiger partial charge on any atom is 0.229 e. The minimum absolute atomic E-state index is 0.216. The van der Waals surface area contributed by atoms with Gasteiger partial charge in [-0.3, -0.25) is 9.89 Å². The SMILES string of the molecule is COc1ccc(CC(=O)Nc2[nH]ncc2C#N)cc1. The molecule has 19 heavy (non-hydrogen) atoms. The second-order valence-corrected chi connectivity index (χ2v) is 3.84. The number of rotatable bonds is 4. The number of amides is 1. The summed E-state index contributed by atoms with van der Waals surface area (Å²) in [6.45, 7) is 0. The Labute approximate surface area is 110 Å². The maximum atomic E-state index is 11.8. The Morgan fingerprint density at radius 3 is 2.84 bits per heavy atom. The number of nitriles is 1. The van der Waals surface area contributed by atoms with E-state index in [1.807, 2.05) is 18.2 Å². The molecule has 2 N–H and O–H groups in total. The predicted molar refractivity (Wildman–Crippen MR) is 68.6 cm³/mol. The number of anilines is 1. The number of carbonyl (C=O) groups excluding carboxylic acids is 1. The summed E-state index contributed by atoms with van der Waals surface area (Å²) in [6, 6.07) is 9.15. The van der Waals surface area contributed by atoms with Crippen LogP contribution in [0, 0.1) is 11.3 Å². The molecule has 2 rings (SSSR count). The van der Waals surface area contributed by atoms with E-state index in [2.05, 4.69) is 15.5 Å². The maximum absolute atomic E-state index is 11.8. The molecule has 0 unspecified atom stereocenters. The van der Waals surface area contributed by atoms with Crippen LogP contribution in [0.15, 0.2) is 30.5 Å². The molecule has 0 fully saturated rings. The molecule has 0 bridgehead atoms. The van der Waals surface area contributed by atoms with Crippen molar-refractivity contribution in [1.82, 2.24) is 10.2 Å². The molecule has 6 nitrogen and oxygen atoms in total. The van der Waals surface area contributed by atoms with Gasteiger partial charge in [0.15, 0.2) is 0 Å². The lowest BCUT2D eigenvalue weighted by Crippen LogP contribution is -2.15. The molecule has 96 valence electrons. The number of nitrogens with one attached hydrogen (secondary N) is 2. The number of H-pyrrole nitrogens is 1. The first-order valence-corrected chi connectivity index (χ1v) is 5.59. The standard InChI is InChI=1S/C13H12N4O2/c1-19-11-4-2-9(3-5-11)6-12(18)16-13-10(7-14)8-15-17-13/h2-5,8H,6H2,1H3,(H2,15,16,17,18). The van der Waals surface area contributed by atoms with Gasteiger partial charge >= 0.3 is 0 Å². The highest BCUT2D eigenvalue weighted by Gasteiger charge is 2.09. The first-order valence-electron chi connectivity index (χ1n) is 5.59. The Balaban J connectivity index is 1.99. The van der Waals surface area contributed by atoms with Crippen molar-refractivity contribution in [2.45, 2.75) is 6.42 Å². The summed E-state index contributed by atoms with van der Waals surface area (Å²) in [6.07, 6.45) is 1.58. The van der Waals surface area contributed by atoms with Crippen molar-refractivity contribution in [3.8, 4) is 11.8 Å². The van der Waals surface area contributed by atoms with Crippen molar-refractivity contribution in [3.63, 3.8) is 0 Å². The van der Waals surface area contributed by atoms with Gasteiger partial charge < -0.3 is 10.1 Å². The van der Waals surface area contributed by atoms with Crippen LogP contribution >= 0.6 is 0 Å². The van der Waals surface area contributed by atoms with Crippen LogP contribution in [0.5, 0.6) is 5.75 Å². The highest BCUT2D eigenvalue weighted by atomic mass is 16.5. The molecule has 1 aromatic heterocycles. The summed E-state index contributed by atoms with van der Waals surface area (Å²) >= 11 is 0. The zero-order valence-corrected chi connectivity index (χ0v) is 10.3. The molecule has 0 saturated carbocycles. The van der Waals surface area contributed by atoms with Crippen molar-refractivity contribution in [2.24, 2.45) is 0 Å². The fourth-order valence-corrected chi connectivity index (χ4v) is 1.58. The Morgan fingerprint density at radius 2 is 2.21 bits per heavy atom. The fraction of sp³-hybridized carbons (Fsp3) is 0.154. The smallest absolute Gasteiger partial charge is 0.229 e. The van der Waals surface area contributed by atoms with Crippen LogP contribution in [0.4, 0.5) is 5.82 Å². The average molecular weight is 256 g/mol. The van der Waals surface area contributed by atoms with E-state index in [0.717, 1.165) is 11.3 Å². The second-order valence-electron chi connectivity index (χ2n) is 3.84. The number of aromatic amines is 1. The molecule has 6 heteroatoms. The Morgan fingerprint density at radius 1 is 1.47 bits per heavy atom. The lowest BCUT2D eigenvalue weighted by molar-refractivity contribution is -0.115. The third-order valence-corrected chi connectivity index (χ3v) is 2.55. The quantitative estimate of drug-likeness (QED) is 0.866. The van der Waals surface area contributed by atoms with E-state index in [9.17, 15) is 4.79 Å². The van der Waals surface area contributed by atoms with Gasteiger partial charge in [-0.05, 0) is 17.7 Å². The summed E-state index contributed by atoms with van der Waals surface area (Å²) in [7, 11) is 1.59. The van der Waals surface area contributed by atoms with Crippen molar-refractivity contribution < 1.29 is 9.53 Å². The van der Waals surface area contributed by atoms with E-state index in [4.69, 9.17) is 10.00 Å². The third kappa shape index (κ3) is 3.10. The number of hydrogen-bond acceptors (Lipinski definition) is 4. The first kappa shape index (κ1) is 12.6. The summed E-state index contributed by atoms with van der Waals surface area (Å²) in [5.41, 5.74) is 1.17. The molecular weight excluding hydrogens is 244 g/mol. The summed E-state index contributed by atoms with van der Waals surface area (Å²) in [5, 5.41) is 17.7. The molecule has 1 amide bonds. The van der Waals surface area contributed by atoms with E-state index < -0.39 is 0 Å². The van der Waals surface area contributed by atoms with E-state index in [-0.39, 0.29) is 12.3 Å². The van der Waals surface area contributed by atoms with Crippen LogP contribution < -0.4 is 10.1 Å². The van der Waals surface area contributed by atoms with E-state index in [1.54, 1.807) is 19.2 Å². The first-order chi connectivity index (χ1) is 9.22. The molecule has 0 aliphatic carbocycles. The highest BCUT2D eigenvalue weighted by molar-refractivity contribution is 5.92. The van der Waals surface area contributed by atoms with Crippen molar-refractivity contribution in [1.29, 1.82) is 5.26 Å². The molecule has 0 saturated heterocycles. The minimum Gasteiger partial charge on any atom is -0.497 e. The van der Waals surface area contributed by atoms with Crippen LogP contribution in [0.25, 0.3) is 0 Å². The molecule has 0 aliphatic heterocycles. The lowest BCUT2D eigenvalue weighted by atomic mass is 10.1. The number of ether oxygens (including phenoxy) is 1. The molecule has 0 spiro atoms. The molecule has 1 heterocycles. The molecule has 0 atom stereocenters. The van der Waals surface area contributed by atoms with Crippen molar-refractivity contribution in [3.05, 3.63) is 41.6 Å². The topological polar surface area (TPSA) is 90.8 Å². The minimum atomic E-state index is -0.217. The van der Waals surface area contributed by atoms with Gasteiger partial charge in [0.25, 0.3) is 0 Å². The summed E-state index contributed by atoms with van der Waals surface area (Å²) < 4.78 is 5.04. The number of benzene rings is 1. The molecular formula is C13H12N4O2. The fourth-order valence-electron chi connectivity index (χ4n) is 1.58. The zero-order valence-electron chi connectivity index (χ0n) is 10.3. The van der Waals surface area contributed by atoms with Gasteiger partial charge in [0.1, 0.15) is 23.2 Å². The zero-order chi connectivity index (χ0) is 13.7. The van der Waals surface area contributed by atoms with Gasteiger partial charge in [-0.15, -0.1) is 0 Å². The van der Waals surface area contributed by atoms with E-state index in [1.165, 1.54) is 6.20 Å². The average Bonchev–Trinajstić information content (AvgIpc) is 2.86.